The van der Waals surface area contributed by atoms with Crippen molar-refractivity contribution >= 4 is 29.1 Å². The van der Waals surface area contributed by atoms with Crippen LogP contribution in [0.15, 0.2) is 54.6 Å². The molecule has 0 radical (unpaired) electrons. The topological polar surface area (TPSA) is 52.7 Å². The number of nitrogens with one attached hydrogen (secondary N) is 1. The molecule has 1 heterocycles. The predicted octanol–water partition coefficient (Wildman–Crippen LogP) is 3.62. The molecule has 30 heavy (non-hydrogen) atoms. The Bertz CT molecular complexity index is 890. The van der Waals surface area contributed by atoms with Crippen LogP contribution >= 0.6 is 11.6 Å². The fraction of sp³-hybridized carbons (Fsp3) is 0.417. The molecule has 0 unspecified atom stereocenters. The SMILES string of the molecule is O=C(CCNC(=O)C1(c2cccc(Cl)c2)CCC1)N1CCN(c2ccccc2)CC1. The Morgan fingerprint density at radius 1 is 0.967 bits per heavy atom. The molecule has 2 fully saturated rings. The molecular formula is C24H28ClN3O2. The number of hydrogen-bond acceptors (Lipinski definition) is 3. The summed E-state index contributed by atoms with van der Waals surface area (Å²) in [6.07, 6.45) is 3.02. The molecule has 1 aliphatic carbocycles. The number of halogens is 1. The van der Waals surface area contributed by atoms with Crippen LogP contribution in [-0.2, 0) is 15.0 Å². The van der Waals surface area contributed by atoms with E-state index in [1.807, 2.05) is 47.4 Å². The lowest BCUT2D eigenvalue weighted by molar-refractivity contribution is -0.132. The van der Waals surface area contributed by atoms with E-state index in [0.29, 0.717) is 31.1 Å². The molecule has 2 aromatic rings. The van der Waals surface area contributed by atoms with E-state index in [-0.39, 0.29) is 11.8 Å². The number of anilines is 1. The molecule has 4 rings (SSSR count). The van der Waals surface area contributed by atoms with Gasteiger partial charge < -0.3 is 15.1 Å². The van der Waals surface area contributed by atoms with E-state index in [4.69, 9.17) is 11.6 Å². The molecule has 2 aliphatic rings. The molecular weight excluding hydrogens is 398 g/mol. The lowest BCUT2D eigenvalue weighted by Crippen LogP contribution is -2.51. The maximum absolute atomic E-state index is 12.9. The second-order valence-electron chi connectivity index (χ2n) is 8.16. The minimum absolute atomic E-state index is 0.0118. The van der Waals surface area contributed by atoms with Gasteiger partial charge in [0.1, 0.15) is 0 Å². The summed E-state index contributed by atoms with van der Waals surface area (Å²) >= 11 is 6.13. The van der Waals surface area contributed by atoms with Crippen molar-refractivity contribution in [2.75, 3.05) is 37.6 Å². The number of para-hydroxylation sites is 1. The largest absolute Gasteiger partial charge is 0.368 e. The van der Waals surface area contributed by atoms with Crippen molar-refractivity contribution in [2.24, 2.45) is 0 Å². The zero-order valence-electron chi connectivity index (χ0n) is 17.1. The molecule has 6 heteroatoms. The number of carbonyl (C=O) groups is 2. The van der Waals surface area contributed by atoms with Gasteiger partial charge >= 0.3 is 0 Å². The highest BCUT2D eigenvalue weighted by molar-refractivity contribution is 6.30. The third-order valence-corrected chi connectivity index (χ3v) is 6.63. The molecule has 0 aromatic heterocycles. The molecule has 1 saturated carbocycles. The van der Waals surface area contributed by atoms with Gasteiger partial charge in [0.05, 0.1) is 5.41 Å². The first kappa shape index (κ1) is 20.7. The zero-order valence-corrected chi connectivity index (χ0v) is 17.9. The maximum Gasteiger partial charge on any atom is 0.230 e. The average molecular weight is 426 g/mol. The van der Waals surface area contributed by atoms with Crippen molar-refractivity contribution in [3.8, 4) is 0 Å². The molecule has 1 N–H and O–H groups in total. The lowest BCUT2D eigenvalue weighted by atomic mass is 9.64. The highest BCUT2D eigenvalue weighted by Crippen LogP contribution is 2.44. The smallest absolute Gasteiger partial charge is 0.230 e. The molecule has 5 nitrogen and oxygen atoms in total. The second-order valence-corrected chi connectivity index (χ2v) is 8.59. The van der Waals surface area contributed by atoms with Crippen molar-refractivity contribution in [1.29, 1.82) is 0 Å². The lowest BCUT2D eigenvalue weighted by Gasteiger charge is -2.41. The maximum atomic E-state index is 12.9. The minimum Gasteiger partial charge on any atom is -0.368 e. The molecule has 1 aliphatic heterocycles. The molecule has 1 saturated heterocycles. The Morgan fingerprint density at radius 3 is 2.33 bits per heavy atom. The van der Waals surface area contributed by atoms with Crippen LogP contribution in [-0.4, -0.2) is 49.4 Å². The summed E-state index contributed by atoms with van der Waals surface area (Å²) in [5.74, 6) is 0.117. The van der Waals surface area contributed by atoms with Crippen molar-refractivity contribution in [2.45, 2.75) is 31.1 Å². The van der Waals surface area contributed by atoms with Gasteiger partial charge in [-0.3, -0.25) is 9.59 Å². The summed E-state index contributed by atoms with van der Waals surface area (Å²) in [5.41, 5.74) is 1.68. The Balaban J connectivity index is 1.25. The zero-order chi connectivity index (χ0) is 21.0. The number of carbonyl (C=O) groups excluding carboxylic acids is 2. The highest BCUT2D eigenvalue weighted by atomic mass is 35.5. The van der Waals surface area contributed by atoms with E-state index in [0.717, 1.165) is 37.9 Å². The summed E-state index contributed by atoms with van der Waals surface area (Å²) in [6.45, 7) is 3.47. The first-order valence-electron chi connectivity index (χ1n) is 10.7. The summed E-state index contributed by atoms with van der Waals surface area (Å²) < 4.78 is 0. The van der Waals surface area contributed by atoms with E-state index >= 15 is 0 Å². The molecule has 0 spiro atoms. The Hall–Kier alpha value is -2.53. The molecule has 2 amide bonds. The monoisotopic (exact) mass is 425 g/mol. The van der Waals surface area contributed by atoms with E-state index in [1.54, 1.807) is 0 Å². The van der Waals surface area contributed by atoms with E-state index in [9.17, 15) is 9.59 Å². The third kappa shape index (κ3) is 4.31. The minimum atomic E-state index is -0.491. The summed E-state index contributed by atoms with van der Waals surface area (Å²) in [7, 11) is 0. The number of amides is 2. The number of nitrogens with zero attached hydrogens (tertiary/aromatic N) is 2. The highest BCUT2D eigenvalue weighted by Gasteiger charge is 2.45. The van der Waals surface area contributed by atoms with E-state index in [1.165, 1.54) is 5.69 Å². The van der Waals surface area contributed by atoms with Gasteiger partial charge in [-0.2, -0.15) is 0 Å². The van der Waals surface area contributed by atoms with Gasteiger partial charge in [0.2, 0.25) is 11.8 Å². The molecule has 0 bridgehead atoms. The standard InChI is InChI=1S/C24H28ClN3O2/c25-20-7-4-6-19(18-20)24(11-5-12-24)23(30)26-13-10-22(29)28-16-14-27(15-17-28)21-8-2-1-3-9-21/h1-4,6-9,18H,5,10-17H2,(H,26,30). The van der Waals surface area contributed by atoms with Crippen molar-refractivity contribution in [1.82, 2.24) is 10.2 Å². The average Bonchev–Trinajstić information content (AvgIpc) is 2.74. The Kier molecular flexibility index (Phi) is 6.28. The summed E-state index contributed by atoms with van der Waals surface area (Å²) in [6, 6.07) is 17.9. The van der Waals surface area contributed by atoms with Crippen LogP contribution in [0.4, 0.5) is 5.69 Å². The summed E-state index contributed by atoms with van der Waals surface area (Å²) in [4.78, 5) is 29.7. The van der Waals surface area contributed by atoms with Crippen LogP contribution in [0, 0.1) is 0 Å². The normalized spacial score (nSPS) is 17.9. The number of rotatable bonds is 6. The van der Waals surface area contributed by atoms with Crippen LogP contribution in [0.3, 0.4) is 0 Å². The van der Waals surface area contributed by atoms with Crippen LogP contribution in [0.25, 0.3) is 0 Å². The Labute approximate surface area is 183 Å². The first-order valence-corrected chi connectivity index (χ1v) is 11.1. The number of hydrogen-bond donors (Lipinski definition) is 1. The van der Waals surface area contributed by atoms with Crippen LogP contribution in [0.2, 0.25) is 5.02 Å². The van der Waals surface area contributed by atoms with Crippen molar-refractivity contribution in [3.63, 3.8) is 0 Å². The summed E-state index contributed by atoms with van der Waals surface area (Å²) in [5, 5.41) is 3.66. The van der Waals surface area contributed by atoms with Crippen LogP contribution in [0.1, 0.15) is 31.2 Å². The van der Waals surface area contributed by atoms with Crippen molar-refractivity contribution < 1.29 is 9.59 Å². The van der Waals surface area contributed by atoms with Gasteiger partial charge in [-0.25, -0.2) is 0 Å². The van der Waals surface area contributed by atoms with Crippen LogP contribution < -0.4 is 10.2 Å². The fourth-order valence-electron chi connectivity index (χ4n) is 4.43. The predicted molar refractivity (Wildman–Crippen MR) is 120 cm³/mol. The van der Waals surface area contributed by atoms with Gasteiger partial charge in [0, 0.05) is 49.9 Å². The molecule has 0 atom stereocenters. The number of piperazine rings is 1. The van der Waals surface area contributed by atoms with Gasteiger partial charge in [0.25, 0.3) is 0 Å². The van der Waals surface area contributed by atoms with Gasteiger partial charge in [-0.05, 0) is 42.7 Å². The van der Waals surface area contributed by atoms with Gasteiger partial charge in [-0.15, -0.1) is 0 Å². The Morgan fingerprint density at radius 2 is 1.70 bits per heavy atom. The van der Waals surface area contributed by atoms with Crippen LogP contribution in [0.5, 0.6) is 0 Å². The van der Waals surface area contributed by atoms with E-state index < -0.39 is 5.41 Å². The fourth-order valence-corrected chi connectivity index (χ4v) is 4.62. The van der Waals surface area contributed by atoms with Gasteiger partial charge in [-0.1, -0.05) is 48.4 Å². The quantitative estimate of drug-likeness (QED) is 0.769. The van der Waals surface area contributed by atoms with Gasteiger partial charge in [0.15, 0.2) is 0 Å². The first-order chi connectivity index (χ1) is 14.6. The second kappa shape index (κ2) is 9.09. The van der Waals surface area contributed by atoms with Crippen molar-refractivity contribution in [3.05, 3.63) is 65.2 Å². The third-order valence-electron chi connectivity index (χ3n) is 6.40. The number of benzene rings is 2. The molecule has 158 valence electrons. The molecule has 2 aromatic carbocycles. The van der Waals surface area contributed by atoms with E-state index in [2.05, 4.69) is 22.3 Å².